The standard InChI is InChI=1S/C17H19FN2O6/c1-9(16-15(10(2)18)17(23)19-16)13(21)7-14(22)26-8-11-3-5-12(6-4-11)20(24)25/h3-6,9-10,15-16H,7-8H2,1-2H3,(H,19,23)/t9-,10?,15-,16-/m1/s1. The normalized spacial score (nSPS) is 21.1. The Kier molecular flexibility index (Phi) is 6.01. The molecule has 1 unspecified atom stereocenters. The van der Waals surface area contributed by atoms with Gasteiger partial charge in [-0.3, -0.25) is 24.5 Å². The summed E-state index contributed by atoms with van der Waals surface area (Å²) in [6.45, 7) is 2.67. The molecule has 0 bridgehead atoms. The fourth-order valence-corrected chi connectivity index (χ4v) is 2.78. The van der Waals surface area contributed by atoms with Crippen LogP contribution in [0.25, 0.3) is 0 Å². The lowest BCUT2D eigenvalue weighted by Gasteiger charge is -2.40. The summed E-state index contributed by atoms with van der Waals surface area (Å²) >= 11 is 0. The monoisotopic (exact) mass is 366 g/mol. The number of ether oxygens (including phenoxy) is 1. The smallest absolute Gasteiger partial charge is 0.313 e. The van der Waals surface area contributed by atoms with E-state index in [1.807, 2.05) is 0 Å². The van der Waals surface area contributed by atoms with Gasteiger partial charge in [0.2, 0.25) is 5.91 Å². The van der Waals surface area contributed by atoms with E-state index in [0.29, 0.717) is 5.56 Å². The molecule has 1 aromatic carbocycles. The van der Waals surface area contributed by atoms with Crippen LogP contribution < -0.4 is 5.32 Å². The third-order valence-electron chi connectivity index (χ3n) is 4.41. The number of hydrogen-bond acceptors (Lipinski definition) is 6. The van der Waals surface area contributed by atoms with Gasteiger partial charge < -0.3 is 10.1 Å². The average molecular weight is 366 g/mol. The van der Waals surface area contributed by atoms with Crippen molar-refractivity contribution in [3.63, 3.8) is 0 Å². The van der Waals surface area contributed by atoms with Gasteiger partial charge in [-0.05, 0) is 24.6 Å². The molecule has 0 aliphatic carbocycles. The predicted octanol–water partition coefficient (Wildman–Crippen LogP) is 1.71. The number of β-lactam (4-membered cyclic amide) rings is 1. The summed E-state index contributed by atoms with van der Waals surface area (Å²) < 4.78 is 18.4. The number of Topliss-reactive ketones (excluding diaryl/α,β-unsaturated/α-hetero) is 1. The number of ketones is 1. The van der Waals surface area contributed by atoms with Crippen molar-refractivity contribution in [3.8, 4) is 0 Å². The number of rotatable bonds is 8. The molecule has 1 amide bonds. The summed E-state index contributed by atoms with van der Waals surface area (Å²) in [4.78, 5) is 45.3. The van der Waals surface area contributed by atoms with Crippen LogP contribution in [0.2, 0.25) is 0 Å². The van der Waals surface area contributed by atoms with Crippen LogP contribution in [0.5, 0.6) is 0 Å². The van der Waals surface area contributed by atoms with Crippen molar-refractivity contribution in [3.05, 3.63) is 39.9 Å². The van der Waals surface area contributed by atoms with Gasteiger partial charge in [-0.1, -0.05) is 6.92 Å². The highest BCUT2D eigenvalue weighted by molar-refractivity contribution is 5.98. The second-order valence-electron chi connectivity index (χ2n) is 6.25. The molecule has 0 saturated carbocycles. The van der Waals surface area contributed by atoms with Crippen LogP contribution >= 0.6 is 0 Å². The summed E-state index contributed by atoms with van der Waals surface area (Å²) in [6, 6.07) is 4.85. The number of non-ortho nitro benzene ring substituents is 1. The summed E-state index contributed by atoms with van der Waals surface area (Å²) in [6.07, 6.45) is -1.87. The maximum absolute atomic E-state index is 13.4. The Morgan fingerprint density at radius 2 is 1.92 bits per heavy atom. The van der Waals surface area contributed by atoms with Crippen LogP contribution in [-0.2, 0) is 25.7 Å². The number of esters is 1. The van der Waals surface area contributed by atoms with Gasteiger partial charge in [0.1, 0.15) is 25.0 Å². The minimum atomic E-state index is -1.38. The van der Waals surface area contributed by atoms with Crippen molar-refractivity contribution in [2.24, 2.45) is 11.8 Å². The highest BCUT2D eigenvalue weighted by Crippen LogP contribution is 2.28. The molecule has 0 spiro atoms. The minimum Gasteiger partial charge on any atom is -0.460 e. The van der Waals surface area contributed by atoms with Crippen LogP contribution in [0.15, 0.2) is 24.3 Å². The van der Waals surface area contributed by atoms with E-state index < -0.39 is 53.1 Å². The first-order chi connectivity index (χ1) is 12.2. The molecule has 4 atom stereocenters. The van der Waals surface area contributed by atoms with E-state index in [4.69, 9.17) is 4.74 Å². The number of nitrogens with zero attached hydrogens (tertiary/aromatic N) is 1. The molecule has 2 rings (SSSR count). The molecule has 1 aromatic rings. The van der Waals surface area contributed by atoms with E-state index in [2.05, 4.69) is 5.32 Å². The van der Waals surface area contributed by atoms with Crippen molar-refractivity contribution >= 4 is 23.3 Å². The van der Waals surface area contributed by atoms with Crippen molar-refractivity contribution in [2.75, 3.05) is 0 Å². The Labute approximate surface area is 148 Å². The fraction of sp³-hybridized carbons (Fsp3) is 0.471. The average Bonchev–Trinajstić information content (AvgIpc) is 2.56. The maximum Gasteiger partial charge on any atom is 0.313 e. The molecule has 0 radical (unpaired) electrons. The number of hydrogen-bond donors (Lipinski definition) is 1. The van der Waals surface area contributed by atoms with E-state index in [9.17, 15) is 28.9 Å². The maximum atomic E-state index is 13.4. The van der Waals surface area contributed by atoms with Crippen molar-refractivity contribution in [1.82, 2.24) is 5.32 Å². The van der Waals surface area contributed by atoms with Gasteiger partial charge in [-0.25, -0.2) is 4.39 Å². The van der Waals surface area contributed by atoms with Crippen LogP contribution in [0.1, 0.15) is 25.8 Å². The molecular weight excluding hydrogens is 347 g/mol. The van der Waals surface area contributed by atoms with E-state index in [1.165, 1.54) is 38.1 Å². The second kappa shape index (κ2) is 8.03. The van der Waals surface area contributed by atoms with Gasteiger partial charge in [0.25, 0.3) is 5.69 Å². The molecular formula is C17H19FN2O6. The molecule has 8 nitrogen and oxygen atoms in total. The zero-order valence-electron chi connectivity index (χ0n) is 14.3. The molecule has 1 saturated heterocycles. The van der Waals surface area contributed by atoms with Crippen LogP contribution in [-0.4, -0.2) is 34.8 Å². The molecule has 1 N–H and O–H groups in total. The van der Waals surface area contributed by atoms with Gasteiger partial charge in [-0.15, -0.1) is 0 Å². The van der Waals surface area contributed by atoms with E-state index >= 15 is 0 Å². The number of benzene rings is 1. The lowest BCUT2D eigenvalue weighted by molar-refractivity contribution is -0.384. The van der Waals surface area contributed by atoms with Gasteiger partial charge in [0.15, 0.2) is 0 Å². The van der Waals surface area contributed by atoms with E-state index in [0.717, 1.165) is 0 Å². The number of carbonyl (C=O) groups excluding carboxylic acids is 3. The summed E-state index contributed by atoms with van der Waals surface area (Å²) in [5.74, 6) is -3.23. The van der Waals surface area contributed by atoms with Crippen molar-refractivity contribution < 1.29 is 28.4 Å². The summed E-state index contributed by atoms with van der Waals surface area (Å²) in [5, 5.41) is 13.1. The van der Waals surface area contributed by atoms with Crippen molar-refractivity contribution in [1.29, 1.82) is 0 Å². The SMILES string of the molecule is CC(F)[C@H]1C(=O)N[C@@H]1[C@H](C)C(=O)CC(=O)OCc1ccc([N+](=O)[O-])cc1. The first-order valence-corrected chi connectivity index (χ1v) is 8.06. The van der Waals surface area contributed by atoms with Gasteiger partial charge in [-0.2, -0.15) is 0 Å². The number of nitro groups is 1. The molecule has 9 heteroatoms. The van der Waals surface area contributed by atoms with Crippen LogP contribution in [0.3, 0.4) is 0 Å². The predicted molar refractivity (Wildman–Crippen MR) is 87.7 cm³/mol. The highest BCUT2D eigenvalue weighted by Gasteiger charge is 2.47. The Balaban J connectivity index is 1.82. The summed E-state index contributed by atoms with van der Waals surface area (Å²) in [7, 11) is 0. The number of amides is 1. The molecule has 1 aliphatic rings. The van der Waals surface area contributed by atoms with E-state index in [-0.39, 0.29) is 12.3 Å². The Morgan fingerprint density at radius 1 is 1.31 bits per heavy atom. The number of nitro benzene ring substituents is 1. The second-order valence-corrected chi connectivity index (χ2v) is 6.25. The van der Waals surface area contributed by atoms with Crippen molar-refractivity contribution in [2.45, 2.75) is 39.1 Å². The Bertz CT molecular complexity index is 718. The lowest BCUT2D eigenvalue weighted by Crippen LogP contribution is -2.64. The zero-order valence-corrected chi connectivity index (χ0v) is 14.3. The van der Waals surface area contributed by atoms with E-state index in [1.54, 1.807) is 0 Å². The molecule has 1 aliphatic heterocycles. The molecule has 140 valence electrons. The molecule has 0 aromatic heterocycles. The number of nitrogens with one attached hydrogen (secondary N) is 1. The zero-order chi connectivity index (χ0) is 19.4. The Hall–Kier alpha value is -2.84. The number of carbonyl (C=O) groups is 3. The number of alkyl halides is 1. The molecule has 1 fully saturated rings. The topological polar surface area (TPSA) is 116 Å². The molecule has 26 heavy (non-hydrogen) atoms. The lowest BCUT2D eigenvalue weighted by atomic mass is 9.77. The van der Waals surface area contributed by atoms with Crippen LogP contribution in [0, 0.1) is 22.0 Å². The van der Waals surface area contributed by atoms with Crippen LogP contribution in [0.4, 0.5) is 10.1 Å². The van der Waals surface area contributed by atoms with Gasteiger partial charge >= 0.3 is 5.97 Å². The fourth-order valence-electron chi connectivity index (χ4n) is 2.78. The summed E-state index contributed by atoms with van der Waals surface area (Å²) in [5.41, 5.74) is 0.463. The van der Waals surface area contributed by atoms with Gasteiger partial charge in [0, 0.05) is 18.1 Å². The highest BCUT2D eigenvalue weighted by atomic mass is 19.1. The third-order valence-corrected chi connectivity index (χ3v) is 4.41. The first kappa shape index (κ1) is 19.5. The quantitative estimate of drug-likeness (QED) is 0.246. The largest absolute Gasteiger partial charge is 0.460 e. The first-order valence-electron chi connectivity index (χ1n) is 8.06. The minimum absolute atomic E-state index is 0.0803. The number of halogens is 1. The van der Waals surface area contributed by atoms with Gasteiger partial charge in [0.05, 0.1) is 16.9 Å². The third kappa shape index (κ3) is 4.41. The molecule has 1 heterocycles. The Morgan fingerprint density at radius 3 is 2.42 bits per heavy atom.